The van der Waals surface area contributed by atoms with E-state index < -0.39 is 0 Å². The maximum atomic E-state index is 5.72. The van der Waals surface area contributed by atoms with Crippen molar-refractivity contribution < 1.29 is 0 Å². The van der Waals surface area contributed by atoms with Gasteiger partial charge in [-0.3, -0.25) is 0 Å². The van der Waals surface area contributed by atoms with E-state index >= 15 is 0 Å². The molecule has 76 valence electrons. The number of hydrogen-bond donors (Lipinski definition) is 0. The van der Waals surface area contributed by atoms with Gasteiger partial charge in [-0.15, -0.1) is 0 Å². The third kappa shape index (κ3) is 6.92. The van der Waals surface area contributed by atoms with E-state index in [1.807, 2.05) is 40.7 Å². The number of halogens is 2. The van der Waals surface area contributed by atoms with Crippen molar-refractivity contribution in [3.05, 3.63) is 33.8 Å². The van der Waals surface area contributed by atoms with Crippen LogP contribution in [-0.4, -0.2) is 0 Å². The van der Waals surface area contributed by atoms with Crippen LogP contribution in [0, 0.1) is 6.92 Å². The summed E-state index contributed by atoms with van der Waals surface area (Å²) in [5.74, 6) is 0. The van der Waals surface area contributed by atoms with E-state index in [0.29, 0.717) is 0 Å². The van der Waals surface area contributed by atoms with Crippen LogP contribution in [0.3, 0.4) is 0 Å². The molecule has 0 nitrogen and oxygen atoms in total. The molecule has 0 bridgehead atoms. The normalized spacial score (nSPS) is 7.62. The lowest BCUT2D eigenvalue weighted by atomic mass is 10.2. The lowest BCUT2D eigenvalue weighted by Crippen LogP contribution is -1.72. The molecular weight excluding hydrogens is 203 g/mol. The molecule has 0 amide bonds. The van der Waals surface area contributed by atoms with Gasteiger partial charge in [0.1, 0.15) is 0 Å². The minimum absolute atomic E-state index is 0.733. The fraction of sp³-hybridized carbons (Fsp3) is 0.455. The van der Waals surface area contributed by atoms with Crippen molar-refractivity contribution >= 4 is 23.2 Å². The molecule has 0 aromatic heterocycles. The standard InChI is InChI=1S/C7H6Cl2.2C2H6/c1-5-4-6(8)2-3-7(5)9;2*1-2/h2-4H,1H3;2*1-2H3. The van der Waals surface area contributed by atoms with Gasteiger partial charge in [-0.2, -0.15) is 0 Å². The quantitative estimate of drug-likeness (QED) is 0.553. The number of aryl methyl sites for hydroxylation is 1. The zero-order chi connectivity index (χ0) is 10.9. The summed E-state index contributed by atoms with van der Waals surface area (Å²) in [6.07, 6.45) is 0. The van der Waals surface area contributed by atoms with Crippen molar-refractivity contribution in [1.82, 2.24) is 0 Å². The Labute approximate surface area is 91.9 Å². The van der Waals surface area contributed by atoms with Crippen molar-refractivity contribution in [3.63, 3.8) is 0 Å². The summed E-state index contributed by atoms with van der Waals surface area (Å²) in [6.45, 7) is 9.92. The molecule has 0 N–H and O–H groups in total. The molecule has 0 atom stereocenters. The van der Waals surface area contributed by atoms with E-state index in [9.17, 15) is 0 Å². The van der Waals surface area contributed by atoms with Crippen molar-refractivity contribution in [2.24, 2.45) is 0 Å². The average molecular weight is 221 g/mol. The Morgan fingerprint density at radius 3 is 1.69 bits per heavy atom. The summed E-state index contributed by atoms with van der Waals surface area (Å²) in [4.78, 5) is 0. The van der Waals surface area contributed by atoms with Crippen LogP contribution in [0.2, 0.25) is 10.0 Å². The highest BCUT2D eigenvalue weighted by Crippen LogP contribution is 2.18. The highest BCUT2D eigenvalue weighted by atomic mass is 35.5. The Morgan fingerprint density at radius 2 is 1.38 bits per heavy atom. The monoisotopic (exact) mass is 220 g/mol. The minimum atomic E-state index is 0.733. The molecule has 0 heterocycles. The molecule has 0 saturated heterocycles. The van der Waals surface area contributed by atoms with Gasteiger partial charge in [-0.25, -0.2) is 0 Å². The highest BCUT2D eigenvalue weighted by molar-refractivity contribution is 6.33. The van der Waals surface area contributed by atoms with Crippen molar-refractivity contribution in [3.8, 4) is 0 Å². The Bertz CT molecular complexity index is 219. The summed E-state index contributed by atoms with van der Waals surface area (Å²) >= 11 is 11.4. The zero-order valence-corrected chi connectivity index (χ0v) is 10.5. The van der Waals surface area contributed by atoms with Gasteiger partial charge in [0.2, 0.25) is 0 Å². The lowest BCUT2D eigenvalue weighted by Gasteiger charge is -1.94. The molecular formula is C11H18Cl2. The molecule has 2 heteroatoms. The van der Waals surface area contributed by atoms with Crippen LogP contribution in [0.25, 0.3) is 0 Å². The van der Waals surface area contributed by atoms with Crippen LogP contribution < -0.4 is 0 Å². The first-order valence-corrected chi connectivity index (χ1v) is 5.37. The van der Waals surface area contributed by atoms with Gasteiger partial charge < -0.3 is 0 Å². The second-order valence-corrected chi connectivity index (χ2v) is 2.74. The van der Waals surface area contributed by atoms with E-state index in [4.69, 9.17) is 23.2 Å². The Hall–Kier alpha value is -0.200. The number of hydrogen-bond acceptors (Lipinski definition) is 0. The smallest absolute Gasteiger partial charge is 0.0436 e. The zero-order valence-electron chi connectivity index (χ0n) is 8.99. The largest absolute Gasteiger partial charge is 0.0843 e. The molecule has 0 aliphatic rings. The van der Waals surface area contributed by atoms with E-state index in [1.54, 1.807) is 12.1 Å². The number of benzene rings is 1. The lowest BCUT2D eigenvalue weighted by molar-refractivity contribution is 1.47. The van der Waals surface area contributed by atoms with Crippen LogP contribution in [0.4, 0.5) is 0 Å². The predicted molar refractivity (Wildman–Crippen MR) is 63.9 cm³/mol. The van der Waals surface area contributed by atoms with E-state index in [-0.39, 0.29) is 0 Å². The first-order chi connectivity index (χ1) is 6.20. The summed E-state index contributed by atoms with van der Waals surface area (Å²) < 4.78 is 0. The van der Waals surface area contributed by atoms with Crippen LogP contribution in [0.5, 0.6) is 0 Å². The SMILES string of the molecule is CC.CC.Cc1cc(Cl)ccc1Cl. The first kappa shape index (κ1) is 15.3. The second-order valence-electron chi connectivity index (χ2n) is 1.89. The third-order valence-corrected chi connectivity index (χ3v) is 1.78. The average Bonchev–Trinajstić information content (AvgIpc) is 2.18. The van der Waals surface area contributed by atoms with Gasteiger partial charge in [0.05, 0.1) is 0 Å². The van der Waals surface area contributed by atoms with Crippen molar-refractivity contribution in [2.75, 3.05) is 0 Å². The predicted octanol–water partition coefficient (Wildman–Crippen LogP) is 5.35. The van der Waals surface area contributed by atoms with Gasteiger partial charge >= 0.3 is 0 Å². The molecule has 1 aromatic rings. The fourth-order valence-corrected chi connectivity index (χ4v) is 0.952. The molecule has 1 aromatic carbocycles. The van der Waals surface area contributed by atoms with E-state index in [1.165, 1.54) is 0 Å². The third-order valence-electron chi connectivity index (χ3n) is 1.12. The maximum absolute atomic E-state index is 5.72. The van der Waals surface area contributed by atoms with E-state index in [2.05, 4.69) is 0 Å². The molecule has 13 heavy (non-hydrogen) atoms. The summed E-state index contributed by atoms with van der Waals surface area (Å²) in [5.41, 5.74) is 1.02. The van der Waals surface area contributed by atoms with Crippen LogP contribution in [0.15, 0.2) is 18.2 Å². The maximum Gasteiger partial charge on any atom is 0.0436 e. The molecule has 0 aliphatic carbocycles. The van der Waals surface area contributed by atoms with Crippen LogP contribution >= 0.6 is 23.2 Å². The van der Waals surface area contributed by atoms with Gasteiger partial charge in [-0.05, 0) is 30.7 Å². The van der Waals surface area contributed by atoms with Gasteiger partial charge in [-0.1, -0.05) is 50.9 Å². The first-order valence-electron chi connectivity index (χ1n) is 4.62. The van der Waals surface area contributed by atoms with Gasteiger partial charge in [0.25, 0.3) is 0 Å². The molecule has 1 rings (SSSR count). The van der Waals surface area contributed by atoms with Crippen molar-refractivity contribution in [1.29, 1.82) is 0 Å². The molecule has 0 saturated carbocycles. The fourth-order valence-electron chi connectivity index (χ4n) is 0.608. The van der Waals surface area contributed by atoms with E-state index in [0.717, 1.165) is 15.6 Å². The number of rotatable bonds is 0. The molecule has 0 aliphatic heterocycles. The Balaban J connectivity index is 0. The Kier molecular flexibility index (Phi) is 11.6. The molecule has 0 radical (unpaired) electrons. The van der Waals surface area contributed by atoms with Crippen LogP contribution in [-0.2, 0) is 0 Å². The van der Waals surface area contributed by atoms with Gasteiger partial charge in [0.15, 0.2) is 0 Å². The Morgan fingerprint density at radius 1 is 0.923 bits per heavy atom. The summed E-state index contributed by atoms with van der Waals surface area (Å²) in [6, 6.07) is 5.40. The topological polar surface area (TPSA) is 0 Å². The van der Waals surface area contributed by atoms with Gasteiger partial charge in [0, 0.05) is 10.0 Å². The second kappa shape index (κ2) is 9.88. The highest BCUT2D eigenvalue weighted by Gasteiger charge is 1.92. The molecule has 0 unspecified atom stereocenters. The summed E-state index contributed by atoms with van der Waals surface area (Å²) in [5, 5.41) is 1.50. The minimum Gasteiger partial charge on any atom is -0.0843 e. The molecule has 0 spiro atoms. The van der Waals surface area contributed by atoms with Crippen LogP contribution in [0.1, 0.15) is 33.3 Å². The summed E-state index contributed by atoms with van der Waals surface area (Å²) in [7, 11) is 0. The molecule has 0 fully saturated rings. The van der Waals surface area contributed by atoms with Crippen molar-refractivity contribution in [2.45, 2.75) is 34.6 Å².